The Labute approximate surface area is 214 Å². The number of para-hydroxylation sites is 1. The van der Waals surface area contributed by atoms with Crippen LogP contribution in [0, 0.1) is 3.57 Å². The molecule has 0 amide bonds. The van der Waals surface area contributed by atoms with Crippen LogP contribution in [0.15, 0.2) is 59.2 Å². The van der Waals surface area contributed by atoms with E-state index in [4.69, 9.17) is 14.2 Å². The summed E-state index contributed by atoms with van der Waals surface area (Å²) in [5.41, 5.74) is 3.91. The molecule has 8 heteroatoms. The average molecular weight is 596 g/mol. The van der Waals surface area contributed by atoms with Gasteiger partial charge in [-0.1, -0.05) is 36.8 Å². The molecule has 0 aliphatic carbocycles. The highest BCUT2D eigenvalue weighted by Crippen LogP contribution is 2.39. The number of phenolic OH excluding ortho intramolecular Hbond substituents is 1. The first kappa shape index (κ1) is 25.1. The minimum atomic E-state index is -3.25. The van der Waals surface area contributed by atoms with Crippen molar-refractivity contribution in [2.45, 2.75) is 37.5 Å². The number of rotatable bonds is 9. The van der Waals surface area contributed by atoms with Gasteiger partial charge >= 0.3 is 0 Å². The van der Waals surface area contributed by atoms with Gasteiger partial charge in [0.25, 0.3) is 0 Å². The van der Waals surface area contributed by atoms with Gasteiger partial charge in [0.15, 0.2) is 21.3 Å². The van der Waals surface area contributed by atoms with Crippen molar-refractivity contribution in [2.24, 2.45) is 0 Å². The molecule has 2 aliphatic heterocycles. The second-order valence-corrected chi connectivity index (χ2v) is 11.9. The fourth-order valence-electron chi connectivity index (χ4n) is 4.56. The fraction of sp³-hybridized carbons (Fsp3) is 0.385. The zero-order valence-electron chi connectivity index (χ0n) is 19.3. The number of hydrogen-bond acceptors (Lipinski definition) is 6. The lowest BCUT2D eigenvalue weighted by molar-refractivity contribution is 0.117. The third kappa shape index (κ3) is 5.44. The van der Waals surface area contributed by atoms with Gasteiger partial charge in [-0.2, -0.15) is 0 Å². The van der Waals surface area contributed by atoms with Crippen molar-refractivity contribution in [3.05, 3.63) is 68.3 Å². The van der Waals surface area contributed by atoms with Crippen LogP contribution in [0.3, 0.4) is 0 Å². The quantitative estimate of drug-likeness (QED) is 0.319. The molecule has 6 nitrogen and oxygen atoms in total. The fourth-order valence-corrected chi connectivity index (χ4v) is 7.11. The van der Waals surface area contributed by atoms with Crippen LogP contribution in [0.4, 0.5) is 0 Å². The maximum atomic E-state index is 12.7. The van der Waals surface area contributed by atoms with Crippen molar-refractivity contribution < 1.29 is 27.7 Å². The number of phenols is 1. The van der Waals surface area contributed by atoms with E-state index >= 15 is 0 Å². The molecule has 34 heavy (non-hydrogen) atoms. The number of hydrogen-bond donors (Lipinski definition) is 1. The zero-order chi connectivity index (χ0) is 24.3. The number of benzene rings is 2. The van der Waals surface area contributed by atoms with Crippen molar-refractivity contribution in [1.82, 2.24) is 0 Å². The van der Waals surface area contributed by atoms with Crippen LogP contribution < -0.4 is 9.47 Å². The molecule has 0 spiro atoms. The van der Waals surface area contributed by atoms with Crippen LogP contribution >= 0.6 is 22.6 Å². The summed E-state index contributed by atoms with van der Waals surface area (Å²) in [5.74, 6) is 1.35. The lowest BCUT2D eigenvalue weighted by Crippen LogP contribution is -2.19. The summed E-state index contributed by atoms with van der Waals surface area (Å²) in [7, 11) is -1.71. The molecule has 0 aromatic heterocycles. The van der Waals surface area contributed by atoms with Crippen molar-refractivity contribution >= 4 is 38.5 Å². The monoisotopic (exact) mass is 596 g/mol. The third-order valence-electron chi connectivity index (χ3n) is 6.34. The summed E-state index contributed by atoms with van der Waals surface area (Å²) in [6.45, 7) is 2.58. The molecule has 1 N–H and O–H groups in total. The van der Waals surface area contributed by atoms with Crippen LogP contribution in [0.2, 0.25) is 0 Å². The first-order chi connectivity index (χ1) is 16.3. The largest absolute Gasteiger partial charge is 0.504 e. The number of sulfone groups is 1. The standard InChI is InChI=1S/C26H29IO6S/c1-3-17(11-18-12-21(27)26(28)23(13-18)31-2)9-10-22-25-19(14-32-20-7-5-4-6-8-20)16-34(29,30)24(25)15-33-22/h4-8,11-13,22,24,28H,3,9-10,14-16H2,1-2H3/b17-11+/t22-,24+/m1/s1. The van der Waals surface area contributed by atoms with E-state index in [1.54, 1.807) is 0 Å². The first-order valence-corrected chi connectivity index (χ1v) is 14.1. The Kier molecular flexibility index (Phi) is 7.89. The Balaban J connectivity index is 1.50. The Hall–Kier alpha value is -2.04. The van der Waals surface area contributed by atoms with Gasteiger partial charge in [-0.15, -0.1) is 0 Å². The third-order valence-corrected chi connectivity index (χ3v) is 9.17. The predicted octanol–water partition coefficient (Wildman–Crippen LogP) is 5.15. The van der Waals surface area contributed by atoms with E-state index < -0.39 is 15.1 Å². The van der Waals surface area contributed by atoms with Gasteiger partial charge in [0, 0.05) is 0 Å². The van der Waals surface area contributed by atoms with E-state index in [1.807, 2.05) is 42.5 Å². The molecular formula is C26H29IO6S. The van der Waals surface area contributed by atoms with Gasteiger partial charge in [-0.05, 0) is 82.8 Å². The molecular weight excluding hydrogens is 567 g/mol. The maximum absolute atomic E-state index is 12.7. The molecule has 0 saturated carbocycles. The highest BCUT2D eigenvalue weighted by Gasteiger charge is 2.46. The molecule has 0 unspecified atom stereocenters. The van der Waals surface area contributed by atoms with E-state index in [-0.39, 0.29) is 30.8 Å². The van der Waals surface area contributed by atoms with E-state index in [9.17, 15) is 13.5 Å². The van der Waals surface area contributed by atoms with E-state index in [1.165, 1.54) is 12.7 Å². The molecule has 0 radical (unpaired) electrons. The number of halogens is 1. The predicted molar refractivity (Wildman–Crippen MR) is 141 cm³/mol. The summed E-state index contributed by atoms with van der Waals surface area (Å²) in [4.78, 5) is 0. The maximum Gasteiger partial charge on any atom is 0.171 e. The van der Waals surface area contributed by atoms with Gasteiger partial charge < -0.3 is 19.3 Å². The van der Waals surface area contributed by atoms with E-state index in [2.05, 4.69) is 35.6 Å². The van der Waals surface area contributed by atoms with Crippen molar-refractivity contribution in [2.75, 3.05) is 26.1 Å². The van der Waals surface area contributed by atoms with Crippen LogP contribution in [0.25, 0.3) is 6.08 Å². The number of fused-ring (bicyclic) bond motifs is 1. The molecule has 1 saturated heterocycles. The summed E-state index contributed by atoms with van der Waals surface area (Å²) in [5, 5.41) is 9.54. The highest BCUT2D eigenvalue weighted by molar-refractivity contribution is 14.1. The number of methoxy groups -OCH3 is 1. The Morgan fingerprint density at radius 3 is 2.74 bits per heavy atom. The minimum absolute atomic E-state index is 0.0436. The normalized spacial score (nSPS) is 21.6. The Morgan fingerprint density at radius 2 is 2.03 bits per heavy atom. The number of allylic oxidation sites excluding steroid dienone is 1. The summed E-state index contributed by atoms with van der Waals surface area (Å²) in [6.07, 6.45) is 4.24. The topological polar surface area (TPSA) is 82.1 Å². The van der Waals surface area contributed by atoms with Crippen LogP contribution in [0.1, 0.15) is 31.7 Å². The smallest absolute Gasteiger partial charge is 0.171 e. The number of aromatic hydroxyl groups is 1. The van der Waals surface area contributed by atoms with Gasteiger partial charge in [-0.3, -0.25) is 0 Å². The molecule has 2 aliphatic rings. The Bertz CT molecular complexity index is 1200. The summed E-state index contributed by atoms with van der Waals surface area (Å²) < 4.78 is 43.4. The lowest BCUT2D eigenvalue weighted by Gasteiger charge is -2.15. The van der Waals surface area contributed by atoms with Crippen molar-refractivity contribution in [3.63, 3.8) is 0 Å². The van der Waals surface area contributed by atoms with Gasteiger partial charge in [-0.25, -0.2) is 8.42 Å². The molecule has 2 aromatic carbocycles. The van der Waals surface area contributed by atoms with Gasteiger partial charge in [0.05, 0.1) is 29.1 Å². The van der Waals surface area contributed by atoms with Gasteiger partial charge in [0.1, 0.15) is 17.6 Å². The van der Waals surface area contributed by atoms with E-state index in [0.717, 1.165) is 38.9 Å². The first-order valence-electron chi connectivity index (χ1n) is 11.3. The minimum Gasteiger partial charge on any atom is -0.504 e. The van der Waals surface area contributed by atoms with Crippen LogP contribution in [0.5, 0.6) is 17.2 Å². The molecule has 182 valence electrons. The SMILES string of the molecule is CC/C(=C\c1cc(I)c(O)c(OC)c1)CC[C@H]1OC[C@H]2C1=C(COc1ccccc1)CS2(=O)=O. The molecule has 4 rings (SSSR count). The second kappa shape index (κ2) is 10.7. The summed E-state index contributed by atoms with van der Waals surface area (Å²) in [6, 6.07) is 13.2. The molecule has 1 fully saturated rings. The molecule has 2 atom stereocenters. The second-order valence-electron chi connectivity index (χ2n) is 8.53. The molecule has 2 aromatic rings. The zero-order valence-corrected chi connectivity index (χ0v) is 22.3. The molecule has 2 heterocycles. The van der Waals surface area contributed by atoms with E-state index in [0.29, 0.717) is 12.2 Å². The summed E-state index contributed by atoms with van der Waals surface area (Å²) >= 11 is 2.09. The van der Waals surface area contributed by atoms with Crippen molar-refractivity contribution in [3.8, 4) is 17.2 Å². The lowest BCUT2D eigenvalue weighted by atomic mass is 9.96. The van der Waals surface area contributed by atoms with Crippen molar-refractivity contribution in [1.29, 1.82) is 0 Å². The Morgan fingerprint density at radius 1 is 1.26 bits per heavy atom. The number of ether oxygens (including phenoxy) is 3. The van der Waals surface area contributed by atoms with Crippen LogP contribution in [-0.4, -0.2) is 51.0 Å². The average Bonchev–Trinajstić information content (AvgIpc) is 3.37. The van der Waals surface area contributed by atoms with Crippen LogP contribution in [-0.2, 0) is 14.6 Å². The highest BCUT2D eigenvalue weighted by atomic mass is 127. The molecule has 0 bridgehead atoms. The van der Waals surface area contributed by atoms with Gasteiger partial charge in [0.2, 0.25) is 0 Å².